The van der Waals surface area contributed by atoms with E-state index in [9.17, 15) is 19.2 Å². The largest absolute Gasteiger partial charge is 0.330 e. The molecular weight excluding hydrogens is 673 g/mol. The van der Waals surface area contributed by atoms with Crippen molar-refractivity contribution in [3.63, 3.8) is 0 Å². The molecule has 0 spiro atoms. The highest BCUT2D eigenvalue weighted by Gasteiger charge is 2.53. The molecular formula is C46H52N4O4. The molecule has 2 aliphatic heterocycles. The van der Waals surface area contributed by atoms with Gasteiger partial charge in [-0.3, -0.25) is 19.2 Å². The Hall–Kier alpha value is -5.24. The summed E-state index contributed by atoms with van der Waals surface area (Å²) < 4.78 is 0. The van der Waals surface area contributed by atoms with Crippen LogP contribution in [0.3, 0.4) is 0 Å². The molecule has 2 aliphatic carbocycles. The fraction of sp³-hybridized carbons (Fsp3) is 0.391. The van der Waals surface area contributed by atoms with Gasteiger partial charge in [0.05, 0.1) is 0 Å². The van der Waals surface area contributed by atoms with Gasteiger partial charge >= 0.3 is 0 Å². The van der Waals surface area contributed by atoms with Crippen molar-refractivity contribution in [3.8, 4) is 0 Å². The number of rotatable bonds is 10. The summed E-state index contributed by atoms with van der Waals surface area (Å²) in [6.45, 7) is 8.37. The van der Waals surface area contributed by atoms with E-state index in [-0.39, 0.29) is 71.7 Å². The number of hydrogen-bond donors (Lipinski definition) is 2. The SMILES string of the molecule is CC(C)C[C@H]1C(=O)N[C@@H](c2ccccc2)N1C(=O)[C@H]1C[C@@H]1c1ccccc1.CC(C)C[C@H]1C(=O)N[C@H](c2ccccc2)N1C(=O)[C@H]1C[C@@H]1c1ccccc1. The first-order valence-corrected chi connectivity index (χ1v) is 19.6. The summed E-state index contributed by atoms with van der Waals surface area (Å²) in [7, 11) is 0. The first-order chi connectivity index (χ1) is 26.1. The normalized spacial score (nSPS) is 26.9. The molecule has 4 aliphatic rings. The van der Waals surface area contributed by atoms with Gasteiger partial charge in [-0.05, 0) is 71.6 Å². The van der Waals surface area contributed by atoms with Crippen LogP contribution >= 0.6 is 0 Å². The van der Waals surface area contributed by atoms with Gasteiger partial charge < -0.3 is 20.4 Å². The second kappa shape index (κ2) is 16.0. The van der Waals surface area contributed by atoms with E-state index >= 15 is 0 Å². The van der Waals surface area contributed by atoms with E-state index in [1.54, 1.807) is 0 Å². The Kier molecular flexibility index (Phi) is 11.0. The van der Waals surface area contributed by atoms with Crippen molar-refractivity contribution in [2.45, 2.75) is 89.6 Å². The van der Waals surface area contributed by atoms with E-state index in [1.807, 2.05) is 107 Å². The lowest BCUT2D eigenvalue weighted by molar-refractivity contribution is -0.138. The molecule has 0 radical (unpaired) electrons. The van der Waals surface area contributed by atoms with Gasteiger partial charge in [0.1, 0.15) is 24.4 Å². The Morgan fingerprint density at radius 1 is 0.519 bits per heavy atom. The minimum atomic E-state index is -0.389. The van der Waals surface area contributed by atoms with Gasteiger partial charge in [0.15, 0.2) is 0 Å². The molecule has 4 amide bonds. The molecule has 2 N–H and O–H groups in total. The Morgan fingerprint density at radius 2 is 0.815 bits per heavy atom. The maximum atomic E-state index is 13.4. The number of benzene rings is 4. The summed E-state index contributed by atoms with van der Waals surface area (Å²) in [6.07, 6.45) is 2.36. The van der Waals surface area contributed by atoms with Crippen LogP contribution in [0.1, 0.15) is 99.8 Å². The zero-order valence-electron chi connectivity index (χ0n) is 31.7. The van der Waals surface area contributed by atoms with Crippen LogP contribution in [0.25, 0.3) is 0 Å². The molecule has 2 heterocycles. The Bertz CT molecular complexity index is 1780. The van der Waals surface area contributed by atoms with Crippen LogP contribution in [0.5, 0.6) is 0 Å². The molecule has 280 valence electrons. The first-order valence-electron chi connectivity index (χ1n) is 19.6. The second-order valence-electron chi connectivity index (χ2n) is 16.1. The predicted octanol–water partition coefficient (Wildman–Crippen LogP) is 7.72. The van der Waals surface area contributed by atoms with Gasteiger partial charge in [0, 0.05) is 11.8 Å². The summed E-state index contributed by atoms with van der Waals surface area (Å²) in [5, 5.41) is 6.12. The predicted molar refractivity (Wildman–Crippen MR) is 209 cm³/mol. The van der Waals surface area contributed by atoms with Crippen LogP contribution in [0.15, 0.2) is 121 Å². The van der Waals surface area contributed by atoms with Crippen molar-refractivity contribution < 1.29 is 19.2 Å². The van der Waals surface area contributed by atoms with Crippen molar-refractivity contribution in [2.24, 2.45) is 23.7 Å². The van der Waals surface area contributed by atoms with Crippen molar-refractivity contribution in [3.05, 3.63) is 144 Å². The molecule has 4 fully saturated rings. The van der Waals surface area contributed by atoms with Crippen LogP contribution in [0.2, 0.25) is 0 Å². The molecule has 4 aromatic carbocycles. The average Bonchev–Trinajstić information content (AvgIpc) is 4.11. The van der Waals surface area contributed by atoms with Gasteiger partial charge in [-0.15, -0.1) is 0 Å². The lowest BCUT2D eigenvalue weighted by Crippen LogP contribution is -2.41. The Morgan fingerprint density at radius 3 is 1.11 bits per heavy atom. The maximum absolute atomic E-state index is 13.4. The number of carbonyl (C=O) groups excluding carboxylic acids is 4. The third kappa shape index (κ3) is 7.98. The summed E-state index contributed by atoms with van der Waals surface area (Å²) >= 11 is 0. The maximum Gasteiger partial charge on any atom is 0.244 e. The molecule has 2 saturated carbocycles. The van der Waals surface area contributed by atoms with Crippen LogP contribution < -0.4 is 10.6 Å². The number of amides is 4. The Balaban J connectivity index is 0.000000167. The van der Waals surface area contributed by atoms with Gasteiger partial charge in [0.2, 0.25) is 23.6 Å². The average molecular weight is 725 g/mol. The zero-order chi connectivity index (χ0) is 37.9. The summed E-state index contributed by atoms with van der Waals surface area (Å²) in [6, 6.07) is 39.2. The lowest BCUT2D eigenvalue weighted by Gasteiger charge is -2.29. The molecule has 8 atom stereocenters. The topological polar surface area (TPSA) is 98.8 Å². The van der Waals surface area contributed by atoms with Gasteiger partial charge in [0.25, 0.3) is 0 Å². The zero-order valence-corrected chi connectivity index (χ0v) is 31.7. The highest BCUT2D eigenvalue weighted by molar-refractivity contribution is 5.94. The number of carbonyl (C=O) groups is 4. The van der Waals surface area contributed by atoms with Crippen LogP contribution in [-0.2, 0) is 19.2 Å². The fourth-order valence-electron chi connectivity index (χ4n) is 8.32. The van der Waals surface area contributed by atoms with Crippen molar-refractivity contribution in [1.29, 1.82) is 0 Å². The molecule has 0 aromatic heterocycles. The molecule has 54 heavy (non-hydrogen) atoms. The minimum absolute atomic E-state index is 0.0269. The molecule has 8 rings (SSSR count). The van der Waals surface area contributed by atoms with E-state index in [4.69, 9.17) is 0 Å². The summed E-state index contributed by atoms with van der Waals surface area (Å²) in [4.78, 5) is 55.9. The molecule has 2 saturated heterocycles. The van der Waals surface area contributed by atoms with E-state index in [0.717, 1.165) is 24.0 Å². The fourth-order valence-corrected chi connectivity index (χ4v) is 8.32. The number of nitrogens with zero attached hydrogens (tertiary/aromatic N) is 2. The second-order valence-corrected chi connectivity index (χ2v) is 16.1. The van der Waals surface area contributed by atoms with Gasteiger partial charge in [-0.1, -0.05) is 149 Å². The monoisotopic (exact) mass is 724 g/mol. The molecule has 0 bridgehead atoms. The van der Waals surface area contributed by atoms with Crippen molar-refractivity contribution in [2.75, 3.05) is 0 Å². The van der Waals surface area contributed by atoms with E-state index < -0.39 is 0 Å². The van der Waals surface area contributed by atoms with Crippen molar-refractivity contribution in [1.82, 2.24) is 20.4 Å². The summed E-state index contributed by atoms with van der Waals surface area (Å²) in [5.41, 5.74) is 4.35. The van der Waals surface area contributed by atoms with Crippen molar-refractivity contribution >= 4 is 23.6 Å². The first kappa shape index (κ1) is 37.1. The third-order valence-electron chi connectivity index (χ3n) is 11.2. The van der Waals surface area contributed by atoms with Crippen LogP contribution in [0.4, 0.5) is 0 Å². The van der Waals surface area contributed by atoms with E-state index in [1.165, 1.54) is 11.1 Å². The Labute approximate surface area is 319 Å². The highest BCUT2D eigenvalue weighted by atomic mass is 16.2. The molecule has 0 unspecified atom stereocenters. The quantitative estimate of drug-likeness (QED) is 0.175. The number of nitrogens with one attached hydrogen (secondary N) is 2. The van der Waals surface area contributed by atoms with E-state index in [2.05, 4.69) is 62.6 Å². The van der Waals surface area contributed by atoms with E-state index in [0.29, 0.717) is 24.7 Å². The smallest absolute Gasteiger partial charge is 0.244 e. The molecule has 4 aromatic rings. The van der Waals surface area contributed by atoms with Gasteiger partial charge in [-0.2, -0.15) is 0 Å². The molecule has 8 heteroatoms. The minimum Gasteiger partial charge on any atom is -0.330 e. The van der Waals surface area contributed by atoms with Gasteiger partial charge in [-0.25, -0.2) is 0 Å². The molecule has 8 nitrogen and oxygen atoms in total. The lowest BCUT2D eigenvalue weighted by atomic mass is 10.0. The highest BCUT2D eigenvalue weighted by Crippen LogP contribution is 2.51. The third-order valence-corrected chi connectivity index (χ3v) is 11.2. The summed E-state index contributed by atoms with van der Waals surface area (Å²) in [5.74, 6) is 1.29. The van der Waals surface area contributed by atoms with Crippen LogP contribution in [0, 0.1) is 23.7 Å². The number of hydrogen-bond acceptors (Lipinski definition) is 4. The standard InChI is InChI=1S/2C23H26N2O2/c2*1-15(2)13-20-22(26)24-21(17-11-7-4-8-12-17)25(20)23(27)19-14-18(19)16-9-5-3-6-10-16/h2*3-12,15,18-21H,13-14H2,1-2H3,(H,24,26)/t18-,19+,20+,21+;18-,19+,20+,21-/m11/s1. The van der Waals surface area contributed by atoms with Crippen LogP contribution in [-0.4, -0.2) is 45.5 Å².